The van der Waals surface area contributed by atoms with Gasteiger partial charge < -0.3 is 0 Å². The van der Waals surface area contributed by atoms with E-state index < -0.39 is 0 Å². The molecule has 2 aliphatic rings. The van der Waals surface area contributed by atoms with Gasteiger partial charge in [0.25, 0.3) is 0 Å². The van der Waals surface area contributed by atoms with Gasteiger partial charge in [0.05, 0.1) is 0 Å². The fraction of sp³-hybridized carbons (Fsp3) is 0.0556. The standard InChI is InChI=1S/C36H22/c1-2-8-26-21(7-1)13-14-22-15-25-17-31-23(18-33(25)36(22)26)16-24-19-34-29-11-5-3-9-27(29)28-10-4-6-12-30(28)35(34)20-32(24)31/h1-14,17-20H,15-16H2. The van der Waals surface area contributed by atoms with E-state index in [1.54, 1.807) is 0 Å². The molecular weight excluding hydrogens is 432 g/mol. The SMILES string of the molecule is c1ccc2c3c(ccc2c1)Cc1cc2c(cc1-3)Cc1cc3c4ccccc4c4ccccc4c3cc1-2. The van der Waals surface area contributed by atoms with Crippen LogP contribution in [0.15, 0.2) is 109 Å². The first kappa shape index (κ1) is 18.9. The van der Waals surface area contributed by atoms with E-state index in [4.69, 9.17) is 0 Å². The summed E-state index contributed by atoms with van der Waals surface area (Å²) in [6.07, 6.45) is 2.04. The second kappa shape index (κ2) is 6.62. The van der Waals surface area contributed by atoms with E-state index in [-0.39, 0.29) is 0 Å². The van der Waals surface area contributed by atoms with E-state index in [1.165, 1.54) is 87.6 Å². The summed E-state index contributed by atoms with van der Waals surface area (Å²) >= 11 is 0. The lowest BCUT2D eigenvalue weighted by Gasteiger charge is -2.13. The molecule has 0 aromatic heterocycles. The maximum absolute atomic E-state index is 2.50. The lowest BCUT2D eigenvalue weighted by molar-refractivity contribution is 1.24. The summed E-state index contributed by atoms with van der Waals surface area (Å²) in [6.45, 7) is 0. The number of benzene rings is 7. The Kier molecular flexibility index (Phi) is 3.47. The van der Waals surface area contributed by atoms with Crippen LogP contribution in [0.2, 0.25) is 0 Å². The van der Waals surface area contributed by atoms with E-state index in [1.807, 2.05) is 0 Å². The van der Waals surface area contributed by atoms with E-state index >= 15 is 0 Å². The number of fused-ring (bicyclic) bond motifs is 14. The van der Waals surface area contributed by atoms with Crippen molar-refractivity contribution in [2.45, 2.75) is 12.8 Å². The van der Waals surface area contributed by atoms with Crippen LogP contribution in [0.4, 0.5) is 0 Å². The Morgan fingerprint density at radius 2 is 0.833 bits per heavy atom. The fourth-order valence-corrected chi connectivity index (χ4v) is 7.05. The third kappa shape index (κ3) is 2.34. The van der Waals surface area contributed by atoms with Crippen molar-refractivity contribution >= 4 is 43.1 Å². The second-order valence-corrected chi connectivity index (χ2v) is 10.5. The molecule has 9 rings (SSSR count). The van der Waals surface area contributed by atoms with Gasteiger partial charge in [-0.3, -0.25) is 0 Å². The van der Waals surface area contributed by atoms with Crippen LogP contribution in [0.3, 0.4) is 0 Å². The van der Waals surface area contributed by atoms with Crippen LogP contribution in [0, 0.1) is 0 Å². The van der Waals surface area contributed by atoms with Gasteiger partial charge in [0.1, 0.15) is 0 Å². The molecule has 0 bridgehead atoms. The van der Waals surface area contributed by atoms with Crippen molar-refractivity contribution in [2.24, 2.45) is 0 Å². The highest BCUT2D eigenvalue weighted by molar-refractivity contribution is 6.26. The molecule has 0 nitrogen and oxygen atoms in total. The van der Waals surface area contributed by atoms with Crippen LogP contribution in [-0.2, 0) is 12.8 Å². The molecule has 0 heteroatoms. The Hall–Kier alpha value is -4.42. The molecule has 7 aromatic rings. The maximum atomic E-state index is 2.50. The van der Waals surface area contributed by atoms with E-state index in [0.717, 1.165) is 12.8 Å². The van der Waals surface area contributed by atoms with Crippen LogP contribution in [-0.4, -0.2) is 0 Å². The summed E-state index contributed by atoms with van der Waals surface area (Å²) in [5.41, 5.74) is 11.6. The van der Waals surface area contributed by atoms with Crippen molar-refractivity contribution in [1.29, 1.82) is 0 Å². The van der Waals surface area contributed by atoms with Crippen LogP contribution in [0.1, 0.15) is 22.3 Å². The van der Waals surface area contributed by atoms with Gasteiger partial charge in [-0.25, -0.2) is 0 Å². The minimum absolute atomic E-state index is 1.01. The number of rotatable bonds is 0. The Bertz CT molecular complexity index is 2090. The fourth-order valence-electron chi connectivity index (χ4n) is 7.05. The first-order chi connectivity index (χ1) is 17.8. The zero-order valence-electron chi connectivity index (χ0n) is 19.8. The van der Waals surface area contributed by atoms with Gasteiger partial charge in [0, 0.05) is 0 Å². The van der Waals surface area contributed by atoms with Crippen LogP contribution >= 0.6 is 0 Å². The summed E-state index contributed by atoms with van der Waals surface area (Å²) in [5.74, 6) is 0. The van der Waals surface area contributed by atoms with Crippen molar-refractivity contribution in [1.82, 2.24) is 0 Å². The predicted octanol–water partition coefficient (Wildman–Crippen LogP) is 9.44. The van der Waals surface area contributed by atoms with Crippen molar-refractivity contribution < 1.29 is 0 Å². The van der Waals surface area contributed by atoms with Crippen molar-refractivity contribution in [3.8, 4) is 22.3 Å². The van der Waals surface area contributed by atoms with Gasteiger partial charge in [-0.2, -0.15) is 0 Å². The van der Waals surface area contributed by atoms with Gasteiger partial charge in [-0.05, 0) is 125 Å². The highest BCUT2D eigenvalue weighted by Gasteiger charge is 2.27. The molecule has 0 spiro atoms. The van der Waals surface area contributed by atoms with Gasteiger partial charge in [0.2, 0.25) is 0 Å². The number of hydrogen-bond donors (Lipinski definition) is 0. The summed E-state index contributed by atoms with van der Waals surface area (Å²) in [4.78, 5) is 0. The summed E-state index contributed by atoms with van der Waals surface area (Å²) < 4.78 is 0. The van der Waals surface area contributed by atoms with Gasteiger partial charge in [-0.15, -0.1) is 0 Å². The Morgan fingerprint density at radius 1 is 0.333 bits per heavy atom. The van der Waals surface area contributed by atoms with Crippen LogP contribution in [0.25, 0.3) is 65.3 Å². The summed E-state index contributed by atoms with van der Waals surface area (Å²) in [7, 11) is 0. The molecule has 0 radical (unpaired) electrons. The molecule has 0 fully saturated rings. The van der Waals surface area contributed by atoms with Crippen molar-refractivity contribution in [3.05, 3.63) is 131 Å². The molecular formula is C36H22. The molecule has 7 aromatic carbocycles. The zero-order chi connectivity index (χ0) is 23.4. The van der Waals surface area contributed by atoms with Crippen molar-refractivity contribution in [2.75, 3.05) is 0 Å². The molecule has 0 saturated carbocycles. The highest BCUT2D eigenvalue weighted by Crippen LogP contribution is 2.48. The molecule has 0 amide bonds. The molecule has 166 valence electrons. The lowest BCUT2D eigenvalue weighted by Crippen LogP contribution is -1.87. The average molecular weight is 455 g/mol. The Balaban J connectivity index is 1.32. The average Bonchev–Trinajstić information content (AvgIpc) is 3.48. The van der Waals surface area contributed by atoms with E-state index in [0.29, 0.717) is 0 Å². The predicted molar refractivity (Wildman–Crippen MR) is 153 cm³/mol. The minimum atomic E-state index is 1.01. The first-order valence-electron chi connectivity index (χ1n) is 12.9. The zero-order valence-corrected chi connectivity index (χ0v) is 19.8. The molecule has 36 heavy (non-hydrogen) atoms. The summed E-state index contributed by atoms with van der Waals surface area (Å²) in [6, 6.07) is 41.2. The van der Waals surface area contributed by atoms with Crippen LogP contribution < -0.4 is 0 Å². The highest BCUT2D eigenvalue weighted by atomic mass is 14.3. The van der Waals surface area contributed by atoms with Gasteiger partial charge in [-0.1, -0.05) is 84.9 Å². The van der Waals surface area contributed by atoms with Crippen molar-refractivity contribution in [3.63, 3.8) is 0 Å². The molecule has 0 heterocycles. The lowest BCUT2D eigenvalue weighted by atomic mass is 9.91. The first-order valence-corrected chi connectivity index (χ1v) is 12.9. The van der Waals surface area contributed by atoms with Crippen LogP contribution in [0.5, 0.6) is 0 Å². The van der Waals surface area contributed by atoms with Gasteiger partial charge >= 0.3 is 0 Å². The topological polar surface area (TPSA) is 0 Å². The van der Waals surface area contributed by atoms with E-state index in [2.05, 4.69) is 109 Å². The maximum Gasteiger partial charge on any atom is -0.00130 e. The third-order valence-electron chi connectivity index (χ3n) is 8.63. The molecule has 0 saturated heterocycles. The monoisotopic (exact) mass is 454 g/mol. The Morgan fingerprint density at radius 3 is 1.58 bits per heavy atom. The summed E-state index contributed by atoms with van der Waals surface area (Å²) in [5, 5.41) is 10.8. The molecule has 0 aliphatic heterocycles. The van der Waals surface area contributed by atoms with E-state index in [9.17, 15) is 0 Å². The molecule has 0 N–H and O–H groups in total. The second-order valence-electron chi connectivity index (χ2n) is 10.5. The van der Waals surface area contributed by atoms with Gasteiger partial charge in [0.15, 0.2) is 0 Å². The molecule has 0 unspecified atom stereocenters. The third-order valence-corrected chi connectivity index (χ3v) is 8.63. The minimum Gasteiger partial charge on any atom is -0.0616 e. The smallest absolute Gasteiger partial charge is 0.00130 e. The quantitative estimate of drug-likeness (QED) is 0.200. The Labute approximate surface area is 209 Å². The largest absolute Gasteiger partial charge is 0.0616 e. The number of hydrogen-bond acceptors (Lipinski definition) is 0. The normalized spacial score (nSPS) is 13.3. The molecule has 2 aliphatic carbocycles. The molecule has 0 atom stereocenters.